The van der Waals surface area contributed by atoms with E-state index in [1.165, 1.54) is 12.8 Å². The lowest BCUT2D eigenvalue weighted by Crippen LogP contribution is -2.54. The van der Waals surface area contributed by atoms with Crippen LogP contribution in [0.2, 0.25) is 0 Å². The van der Waals surface area contributed by atoms with Gasteiger partial charge in [-0.1, -0.05) is 40.5 Å². The summed E-state index contributed by atoms with van der Waals surface area (Å²) >= 11 is 1.96. The molecule has 0 N–H and O–H groups in total. The van der Waals surface area contributed by atoms with Crippen molar-refractivity contribution in [3.63, 3.8) is 0 Å². The predicted molar refractivity (Wildman–Crippen MR) is 113 cm³/mol. The Balaban J connectivity index is 1.54. The molecule has 0 radical (unpaired) electrons. The van der Waals surface area contributed by atoms with Crippen LogP contribution in [0.25, 0.3) is 0 Å². The summed E-state index contributed by atoms with van der Waals surface area (Å²) in [5.74, 6) is 2.44. The molecule has 4 nitrogen and oxygen atoms in total. The molecule has 0 aromatic heterocycles. The minimum absolute atomic E-state index is 0.0342. The molecule has 0 aromatic carbocycles. The number of carbonyl (C=O) groups is 2. The summed E-state index contributed by atoms with van der Waals surface area (Å²) in [4.78, 5) is 30.0. The first-order chi connectivity index (χ1) is 12.7. The summed E-state index contributed by atoms with van der Waals surface area (Å²) in [5.41, 5.74) is 0.271. The van der Waals surface area contributed by atoms with Gasteiger partial charge in [0.05, 0.1) is 4.87 Å². The van der Waals surface area contributed by atoms with Gasteiger partial charge in [-0.3, -0.25) is 9.59 Å². The first-order valence-corrected chi connectivity index (χ1v) is 11.9. The van der Waals surface area contributed by atoms with Crippen LogP contribution in [0.15, 0.2) is 0 Å². The van der Waals surface area contributed by atoms with Crippen molar-refractivity contribution in [1.82, 2.24) is 9.80 Å². The van der Waals surface area contributed by atoms with Crippen LogP contribution in [0, 0.1) is 17.3 Å². The van der Waals surface area contributed by atoms with Gasteiger partial charge in [0, 0.05) is 37.7 Å². The van der Waals surface area contributed by atoms with E-state index in [-0.39, 0.29) is 16.2 Å². The van der Waals surface area contributed by atoms with E-state index >= 15 is 0 Å². The van der Waals surface area contributed by atoms with Gasteiger partial charge >= 0.3 is 0 Å². The van der Waals surface area contributed by atoms with E-state index in [1.54, 1.807) is 0 Å². The average molecular weight is 395 g/mol. The maximum atomic E-state index is 13.0. The third-order valence-electron chi connectivity index (χ3n) is 6.53. The van der Waals surface area contributed by atoms with Gasteiger partial charge in [-0.05, 0) is 43.4 Å². The van der Waals surface area contributed by atoms with Crippen molar-refractivity contribution in [2.75, 3.05) is 25.4 Å². The van der Waals surface area contributed by atoms with Gasteiger partial charge in [0.25, 0.3) is 0 Å². The molecular formula is C22H38N2O2S. The Bertz CT molecular complexity index is 543. The molecule has 1 saturated carbocycles. The summed E-state index contributed by atoms with van der Waals surface area (Å²) < 4.78 is 0. The average Bonchev–Trinajstić information content (AvgIpc) is 3.23. The molecule has 1 atom stereocenters. The molecule has 1 spiro atoms. The number of hydrogen-bond acceptors (Lipinski definition) is 3. The van der Waals surface area contributed by atoms with Crippen molar-refractivity contribution in [3.05, 3.63) is 0 Å². The molecule has 27 heavy (non-hydrogen) atoms. The normalized spacial score (nSPS) is 24.6. The van der Waals surface area contributed by atoms with Crippen LogP contribution in [0.3, 0.4) is 0 Å². The number of carbonyl (C=O) groups excluding carboxylic acids is 2. The van der Waals surface area contributed by atoms with E-state index < -0.39 is 0 Å². The van der Waals surface area contributed by atoms with E-state index in [4.69, 9.17) is 0 Å². The topological polar surface area (TPSA) is 40.6 Å². The Hall–Kier alpha value is -0.710. The predicted octanol–water partition coefficient (Wildman–Crippen LogP) is 4.53. The van der Waals surface area contributed by atoms with Crippen LogP contribution in [-0.4, -0.2) is 51.9 Å². The molecule has 1 aliphatic carbocycles. The molecule has 0 aromatic rings. The van der Waals surface area contributed by atoms with Crippen LogP contribution in [0.1, 0.15) is 79.1 Å². The van der Waals surface area contributed by atoms with Crippen LogP contribution in [-0.2, 0) is 9.59 Å². The van der Waals surface area contributed by atoms with Gasteiger partial charge in [0.15, 0.2) is 0 Å². The second-order valence-corrected chi connectivity index (χ2v) is 11.7. The largest absolute Gasteiger partial charge is 0.342 e. The summed E-state index contributed by atoms with van der Waals surface area (Å²) in [7, 11) is 0. The molecule has 3 aliphatic rings. The van der Waals surface area contributed by atoms with E-state index in [0.717, 1.165) is 57.5 Å². The second-order valence-electron chi connectivity index (χ2n) is 10.2. The lowest BCUT2D eigenvalue weighted by Gasteiger charge is -2.45. The Kier molecular flexibility index (Phi) is 6.49. The van der Waals surface area contributed by atoms with Crippen molar-refractivity contribution < 1.29 is 9.59 Å². The van der Waals surface area contributed by atoms with Gasteiger partial charge in [0.1, 0.15) is 0 Å². The standard InChI is InChI=1S/C22H38N2O2S/c1-17(16-21(2,3)4)15-19(25)23-11-9-22(10-12-23)24(13-14-27-22)20(26)18-7-5-6-8-18/h17-18H,5-16H2,1-4H3/t17-/m0/s1. The van der Waals surface area contributed by atoms with Crippen LogP contribution < -0.4 is 0 Å². The third kappa shape index (κ3) is 5.02. The summed E-state index contributed by atoms with van der Waals surface area (Å²) in [6.07, 6.45) is 8.18. The summed E-state index contributed by atoms with van der Waals surface area (Å²) in [6.45, 7) is 11.4. The van der Waals surface area contributed by atoms with Gasteiger partial charge in [0.2, 0.25) is 11.8 Å². The van der Waals surface area contributed by atoms with E-state index in [0.29, 0.717) is 24.2 Å². The molecule has 3 rings (SSSR count). The van der Waals surface area contributed by atoms with Gasteiger partial charge in [-0.25, -0.2) is 0 Å². The summed E-state index contributed by atoms with van der Waals surface area (Å²) in [6, 6.07) is 0. The maximum absolute atomic E-state index is 13.0. The third-order valence-corrected chi connectivity index (χ3v) is 8.08. The Morgan fingerprint density at radius 1 is 1.11 bits per heavy atom. The Labute approximate surface area is 169 Å². The highest BCUT2D eigenvalue weighted by atomic mass is 32.2. The highest BCUT2D eigenvalue weighted by Crippen LogP contribution is 2.45. The zero-order valence-corrected chi connectivity index (χ0v) is 18.6. The van der Waals surface area contributed by atoms with Crippen molar-refractivity contribution in [2.45, 2.75) is 83.9 Å². The highest BCUT2D eigenvalue weighted by molar-refractivity contribution is 8.00. The SMILES string of the molecule is C[C@@H](CC(=O)N1CCC2(CC1)SCCN2C(=O)C1CCCC1)CC(C)(C)C. The number of rotatable bonds is 4. The van der Waals surface area contributed by atoms with Crippen LogP contribution in [0.4, 0.5) is 0 Å². The molecule has 2 aliphatic heterocycles. The van der Waals surface area contributed by atoms with Gasteiger partial charge in [-0.15, -0.1) is 11.8 Å². The molecule has 2 amide bonds. The van der Waals surface area contributed by atoms with Crippen molar-refractivity contribution in [3.8, 4) is 0 Å². The van der Waals surface area contributed by atoms with E-state index in [1.807, 2.05) is 11.8 Å². The van der Waals surface area contributed by atoms with Gasteiger partial charge in [-0.2, -0.15) is 0 Å². The number of piperidine rings is 1. The lowest BCUT2D eigenvalue weighted by atomic mass is 9.84. The van der Waals surface area contributed by atoms with E-state index in [2.05, 4.69) is 37.5 Å². The lowest BCUT2D eigenvalue weighted by molar-refractivity contribution is -0.140. The smallest absolute Gasteiger partial charge is 0.226 e. The molecule has 2 heterocycles. The molecule has 5 heteroatoms. The first-order valence-electron chi connectivity index (χ1n) is 10.9. The fourth-order valence-corrected chi connectivity index (χ4v) is 6.84. The Morgan fingerprint density at radius 2 is 1.74 bits per heavy atom. The monoisotopic (exact) mass is 394 g/mol. The Morgan fingerprint density at radius 3 is 2.33 bits per heavy atom. The number of thioether (sulfide) groups is 1. The number of nitrogens with zero attached hydrogens (tertiary/aromatic N) is 2. The van der Waals surface area contributed by atoms with Crippen LogP contribution >= 0.6 is 11.8 Å². The minimum atomic E-state index is -0.0342. The van der Waals surface area contributed by atoms with Crippen molar-refractivity contribution >= 4 is 23.6 Å². The number of amides is 2. The quantitative estimate of drug-likeness (QED) is 0.703. The zero-order chi connectivity index (χ0) is 19.7. The van der Waals surface area contributed by atoms with E-state index in [9.17, 15) is 9.59 Å². The molecule has 2 saturated heterocycles. The second kappa shape index (κ2) is 8.34. The fraction of sp³-hybridized carbons (Fsp3) is 0.909. The number of likely N-dealkylation sites (tertiary alicyclic amines) is 1. The maximum Gasteiger partial charge on any atom is 0.226 e. The molecule has 154 valence electrons. The minimum Gasteiger partial charge on any atom is -0.342 e. The van der Waals surface area contributed by atoms with Crippen molar-refractivity contribution in [1.29, 1.82) is 0 Å². The van der Waals surface area contributed by atoms with Gasteiger partial charge < -0.3 is 9.80 Å². The molecule has 3 fully saturated rings. The molecule has 0 unspecified atom stereocenters. The fourth-order valence-electron chi connectivity index (χ4n) is 5.38. The van der Waals surface area contributed by atoms with Crippen LogP contribution in [0.5, 0.6) is 0 Å². The van der Waals surface area contributed by atoms with Crippen molar-refractivity contribution in [2.24, 2.45) is 17.3 Å². The first kappa shape index (κ1) is 21.0. The number of hydrogen-bond donors (Lipinski definition) is 0. The molecular weight excluding hydrogens is 356 g/mol. The zero-order valence-electron chi connectivity index (χ0n) is 17.8. The summed E-state index contributed by atoms with van der Waals surface area (Å²) in [5, 5.41) is 0. The highest BCUT2D eigenvalue weighted by Gasteiger charge is 2.48. The molecule has 0 bridgehead atoms.